The van der Waals surface area contributed by atoms with Crippen LogP contribution in [0.1, 0.15) is 54.7 Å². The molecule has 1 aromatic carbocycles. The Bertz CT molecular complexity index is 817. The summed E-state index contributed by atoms with van der Waals surface area (Å²) in [6.07, 6.45) is 7.23. The van der Waals surface area contributed by atoms with Crippen molar-refractivity contribution in [3.05, 3.63) is 35.7 Å². The Morgan fingerprint density at radius 1 is 1.00 bits per heavy atom. The summed E-state index contributed by atoms with van der Waals surface area (Å²) < 4.78 is 10.5. The summed E-state index contributed by atoms with van der Waals surface area (Å²) in [6, 6.07) is 7.28. The maximum Gasteiger partial charge on any atom is 0.274 e. The molecule has 0 bridgehead atoms. The predicted octanol–water partition coefficient (Wildman–Crippen LogP) is 4.19. The zero-order valence-electron chi connectivity index (χ0n) is 16.7. The normalized spacial score (nSPS) is 14.8. The van der Waals surface area contributed by atoms with Crippen LogP contribution in [0.2, 0.25) is 0 Å². The Hall–Kier alpha value is -2.83. The number of aromatic nitrogens is 2. The average Bonchev–Trinajstić information content (AvgIpc) is 2.96. The first-order valence-electron chi connectivity index (χ1n) is 9.74. The van der Waals surface area contributed by atoms with Gasteiger partial charge in [0, 0.05) is 23.5 Å². The van der Waals surface area contributed by atoms with Crippen LogP contribution in [0.4, 0.5) is 11.6 Å². The van der Waals surface area contributed by atoms with E-state index in [-0.39, 0.29) is 5.91 Å². The fourth-order valence-corrected chi connectivity index (χ4v) is 3.46. The molecule has 1 aliphatic carbocycles. The number of hydrogen-bond donors (Lipinski definition) is 2. The number of ether oxygens (including phenoxy) is 2. The molecule has 1 aliphatic rings. The first kappa shape index (κ1) is 19.9. The van der Waals surface area contributed by atoms with E-state index in [1.165, 1.54) is 25.7 Å². The molecular weight excluding hydrogens is 356 g/mol. The first-order chi connectivity index (χ1) is 13.6. The van der Waals surface area contributed by atoms with Crippen molar-refractivity contribution in [3.63, 3.8) is 0 Å². The highest BCUT2D eigenvalue weighted by molar-refractivity contribution is 6.03. The molecule has 28 heavy (non-hydrogen) atoms. The van der Waals surface area contributed by atoms with Crippen molar-refractivity contribution in [3.8, 4) is 11.5 Å². The number of carbonyl (C=O) groups is 1. The van der Waals surface area contributed by atoms with Gasteiger partial charge in [-0.2, -0.15) is 0 Å². The minimum Gasteiger partial charge on any atom is -0.493 e. The largest absolute Gasteiger partial charge is 0.493 e. The molecule has 2 N–H and O–H groups in total. The second-order valence-corrected chi connectivity index (χ2v) is 7.07. The Balaban J connectivity index is 1.73. The molecule has 0 aliphatic heterocycles. The fourth-order valence-electron chi connectivity index (χ4n) is 3.46. The third-order valence-electron chi connectivity index (χ3n) is 4.92. The number of amides is 1. The topological polar surface area (TPSA) is 85.4 Å². The molecule has 1 heterocycles. The fraction of sp³-hybridized carbons (Fsp3) is 0.476. The van der Waals surface area contributed by atoms with Gasteiger partial charge in [-0.1, -0.05) is 25.7 Å². The molecule has 150 valence electrons. The molecule has 1 fully saturated rings. The van der Waals surface area contributed by atoms with E-state index < -0.39 is 0 Å². The van der Waals surface area contributed by atoms with E-state index in [0.29, 0.717) is 34.9 Å². The number of hydrogen-bond acceptors (Lipinski definition) is 6. The van der Waals surface area contributed by atoms with Crippen LogP contribution in [-0.2, 0) is 0 Å². The molecule has 1 aromatic heterocycles. The van der Waals surface area contributed by atoms with E-state index in [0.717, 1.165) is 18.5 Å². The van der Waals surface area contributed by atoms with E-state index in [1.807, 2.05) is 6.92 Å². The van der Waals surface area contributed by atoms with Gasteiger partial charge in [0.2, 0.25) is 5.95 Å². The summed E-state index contributed by atoms with van der Waals surface area (Å²) in [7, 11) is 3.13. The summed E-state index contributed by atoms with van der Waals surface area (Å²) >= 11 is 0. The van der Waals surface area contributed by atoms with Gasteiger partial charge in [-0.3, -0.25) is 4.79 Å². The molecular formula is C21H28N4O3. The minimum atomic E-state index is -0.290. The van der Waals surface area contributed by atoms with Gasteiger partial charge in [0.1, 0.15) is 5.69 Å². The number of anilines is 2. The van der Waals surface area contributed by atoms with Gasteiger partial charge in [-0.25, -0.2) is 9.97 Å². The predicted molar refractivity (Wildman–Crippen MR) is 109 cm³/mol. The lowest BCUT2D eigenvalue weighted by molar-refractivity contribution is 0.102. The van der Waals surface area contributed by atoms with Gasteiger partial charge < -0.3 is 20.1 Å². The number of rotatable bonds is 6. The summed E-state index contributed by atoms with van der Waals surface area (Å²) in [5.41, 5.74) is 1.69. The van der Waals surface area contributed by atoms with Crippen LogP contribution in [-0.4, -0.2) is 36.1 Å². The smallest absolute Gasteiger partial charge is 0.274 e. The van der Waals surface area contributed by atoms with Crippen LogP contribution in [0.25, 0.3) is 0 Å². The third-order valence-corrected chi connectivity index (χ3v) is 4.92. The molecule has 0 unspecified atom stereocenters. The lowest BCUT2D eigenvalue weighted by Crippen LogP contribution is -2.22. The molecule has 7 nitrogen and oxygen atoms in total. The van der Waals surface area contributed by atoms with Crippen LogP contribution in [0.15, 0.2) is 24.3 Å². The summed E-state index contributed by atoms with van der Waals surface area (Å²) in [6.45, 7) is 1.87. The molecule has 0 spiro atoms. The van der Waals surface area contributed by atoms with Crippen LogP contribution in [0.5, 0.6) is 11.5 Å². The molecule has 2 aromatic rings. The van der Waals surface area contributed by atoms with E-state index in [2.05, 4.69) is 20.6 Å². The number of benzene rings is 1. The van der Waals surface area contributed by atoms with Crippen LogP contribution in [0.3, 0.4) is 0 Å². The van der Waals surface area contributed by atoms with E-state index >= 15 is 0 Å². The van der Waals surface area contributed by atoms with Crippen molar-refractivity contribution in [1.82, 2.24) is 9.97 Å². The van der Waals surface area contributed by atoms with Crippen molar-refractivity contribution < 1.29 is 14.3 Å². The monoisotopic (exact) mass is 384 g/mol. The molecule has 3 rings (SSSR count). The van der Waals surface area contributed by atoms with E-state index in [9.17, 15) is 4.79 Å². The van der Waals surface area contributed by atoms with Crippen molar-refractivity contribution in [2.75, 3.05) is 24.9 Å². The second kappa shape index (κ2) is 9.39. The maximum atomic E-state index is 12.7. The van der Waals surface area contributed by atoms with E-state index in [4.69, 9.17) is 9.47 Å². The van der Waals surface area contributed by atoms with Gasteiger partial charge in [-0.15, -0.1) is 0 Å². The van der Waals surface area contributed by atoms with Gasteiger partial charge in [-0.05, 0) is 38.0 Å². The van der Waals surface area contributed by atoms with Gasteiger partial charge in [0.25, 0.3) is 5.91 Å². The van der Waals surface area contributed by atoms with Crippen LogP contribution < -0.4 is 20.1 Å². The number of nitrogens with one attached hydrogen (secondary N) is 2. The Labute approximate surface area is 165 Å². The number of carbonyl (C=O) groups excluding carboxylic acids is 1. The van der Waals surface area contributed by atoms with Crippen molar-refractivity contribution in [1.29, 1.82) is 0 Å². The Kier molecular flexibility index (Phi) is 6.68. The highest BCUT2D eigenvalue weighted by atomic mass is 16.5. The summed E-state index contributed by atoms with van der Waals surface area (Å²) in [5.74, 6) is 1.38. The Morgan fingerprint density at radius 3 is 2.39 bits per heavy atom. The van der Waals surface area contributed by atoms with Crippen molar-refractivity contribution >= 4 is 17.5 Å². The number of methoxy groups -OCH3 is 2. The van der Waals surface area contributed by atoms with Gasteiger partial charge in [0.15, 0.2) is 11.5 Å². The quantitative estimate of drug-likeness (QED) is 0.727. The number of aryl methyl sites for hydroxylation is 1. The minimum absolute atomic E-state index is 0.290. The zero-order valence-corrected chi connectivity index (χ0v) is 16.7. The van der Waals surface area contributed by atoms with Gasteiger partial charge in [0.05, 0.1) is 14.2 Å². The Morgan fingerprint density at radius 2 is 1.71 bits per heavy atom. The van der Waals surface area contributed by atoms with Crippen molar-refractivity contribution in [2.45, 2.75) is 51.5 Å². The molecule has 0 atom stereocenters. The first-order valence-corrected chi connectivity index (χ1v) is 9.74. The van der Waals surface area contributed by atoms with Crippen LogP contribution >= 0.6 is 0 Å². The van der Waals surface area contributed by atoms with Crippen LogP contribution in [0, 0.1) is 6.92 Å². The zero-order chi connectivity index (χ0) is 19.9. The SMILES string of the molecule is COc1ccc(NC(=O)c2cc(C)nc(NC3CCCCCC3)n2)cc1OC. The van der Waals surface area contributed by atoms with E-state index in [1.54, 1.807) is 38.5 Å². The lowest BCUT2D eigenvalue weighted by Gasteiger charge is -2.17. The summed E-state index contributed by atoms with van der Waals surface area (Å²) in [4.78, 5) is 21.6. The second-order valence-electron chi connectivity index (χ2n) is 7.07. The molecule has 0 radical (unpaired) electrons. The maximum absolute atomic E-state index is 12.7. The van der Waals surface area contributed by atoms with Gasteiger partial charge >= 0.3 is 0 Å². The number of nitrogens with zero attached hydrogens (tertiary/aromatic N) is 2. The third kappa shape index (κ3) is 5.12. The van der Waals surface area contributed by atoms with Crippen molar-refractivity contribution in [2.24, 2.45) is 0 Å². The standard InChI is InChI=1S/C21H28N4O3/c1-14-12-17(25-21(22-14)24-15-8-6-4-5-7-9-15)20(26)23-16-10-11-18(27-2)19(13-16)28-3/h10-13,15H,4-9H2,1-3H3,(H,23,26)(H,22,24,25). The average molecular weight is 384 g/mol. The summed E-state index contributed by atoms with van der Waals surface area (Å²) in [5, 5.41) is 6.28. The molecule has 7 heteroatoms. The molecule has 1 amide bonds. The lowest BCUT2D eigenvalue weighted by atomic mass is 10.1. The highest BCUT2D eigenvalue weighted by Gasteiger charge is 2.16. The molecule has 1 saturated carbocycles. The molecule has 0 saturated heterocycles. The highest BCUT2D eigenvalue weighted by Crippen LogP contribution is 2.30.